The van der Waals surface area contributed by atoms with Crippen molar-refractivity contribution >= 4 is 11.7 Å². The zero-order chi connectivity index (χ0) is 6.69. The standard InChI is InChI=1S/C6H8N2O/c1-5(9)8-6-3-2-4-7-6/h2-3H,4H2,1H3,(H,7,8,9). The molecule has 0 bridgehead atoms. The first-order valence-corrected chi connectivity index (χ1v) is 2.77. The minimum absolute atomic E-state index is 0.0692. The molecule has 1 aliphatic rings. The lowest BCUT2D eigenvalue weighted by Gasteiger charge is -1.94. The SMILES string of the molecule is CC(=O)NC1=NCC=C1. The van der Waals surface area contributed by atoms with Gasteiger partial charge in [0.15, 0.2) is 0 Å². The lowest BCUT2D eigenvalue weighted by Crippen LogP contribution is -2.25. The average Bonchev–Trinajstić information content (AvgIpc) is 2.15. The number of carbonyl (C=O) groups excluding carboxylic acids is 1. The molecule has 0 saturated carbocycles. The Kier molecular flexibility index (Phi) is 1.63. The monoisotopic (exact) mass is 124 g/mol. The zero-order valence-corrected chi connectivity index (χ0v) is 5.22. The number of rotatable bonds is 0. The van der Waals surface area contributed by atoms with Gasteiger partial charge in [-0.2, -0.15) is 0 Å². The molecule has 0 saturated heterocycles. The Bertz CT molecular complexity index is 181. The van der Waals surface area contributed by atoms with Gasteiger partial charge in [-0.3, -0.25) is 9.79 Å². The summed E-state index contributed by atoms with van der Waals surface area (Å²) in [5, 5.41) is 2.57. The summed E-state index contributed by atoms with van der Waals surface area (Å²) in [4.78, 5) is 14.3. The van der Waals surface area contributed by atoms with Gasteiger partial charge in [-0.15, -0.1) is 0 Å². The Morgan fingerprint density at radius 1 is 1.89 bits per heavy atom. The first-order valence-electron chi connectivity index (χ1n) is 2.77. The summed E-state index contributed by atoms with van der Waals surface area (Å²) in [5.74, 6) is 0.600. The quantitative estimate of drug-likeness (QED) is 0.488. The fourth-order valence-corrected chi connectivity index (χ4v) is 0.630. The summed E-state index contributed by atoms with van der Waals surface area (Å²) in [6.45, 7) is 2.16. The molecule has 1 amide bonds. The molecule has 0 aromatic rings. The van der Waals surface area contributed by atoms with Crippen molar-refractivity contribution in [2.45, 2.75) is 6.92 Å². The molecule has 1 heterocycles. The van der Waals surface area contributed by atoms with E-state index < -0.39 is 0 Å². The minimum atomic E-state index is -0.0692. The Morgan fingerprint density at radius 2 is 2.67 bits per heavy atom. The van der Waals surface area contributed by atoms with Crippen LogP contribution < -0.4 is 5.32 Å². The molecular weight excluding hydrogens is 116 g/mol. The number of aliphatic imine (C=N–C) groups is 1. The van der Waals surface area contributed by atoms with Crippen molar-refractivity contribution in [3.63, 3.8) is 0 Å². The number of hydrogen-bond acceptors (Lipinski definition) is 2. The summed E-state index contributed by atoms with van der Waals surface area (Å²) in [6, 6.07) is 0. The number of amides is 1. The first kappa shape index (κ1) is 6.01. The van der Waals surface area contributed by atoms with Crippen molar-refractivity contribution in [3.8, 4) is 0 Å². The Labute approximate surface area is 53.5 Å². The van der Waals surface area contributed by atoms with E-state index in [1.807, 2.05) is 6.08 Å². The van der Waals surface area contributed by atoms with Gasteiger partial charge in [-0.05, 0) is 6.08 Å². The van der Waals surface area contributed by atoms with Crippen LogP contribution in [0.2, 0.25) is 0 Å². The molecule has 0 unspecified atom stereocenters. The molecule has 1 aliphatic heterocycles. The smallest absolute Gasteiger partial charge is 0.222 e. The van der Waals surface area contributed by atoms with E-state index in [-0.39, 0.29) is 5.91 Å². The van der Waals surface area contributed by atoms with Crippen molar-refractivity contribution in [1.29, 1.82) is 0 Å². The van der Waals surface area contributed by atoms with Crippen LogP contribution in [0.3, 0.4) is 0 Å². The van der Waals surface area contributed by atoms with Gasteiger partial charge in [0.1, 0.15) is 5.84 Å². The average molecular weight is 124 g/mol. The fraction of sp³-hybridized carbons (Fsp3) is 0.333. The van der Waals surface area contributed by atoms with E-state index in [1.54, 1.807) is 6.08 Å². The Balaban J connectivity index is 2.45. The van der Waals surface area contributed by atoms with Crippen LogP contribution in [0.1, 0.15) is 6.92 Å². The van der Waals surface area contributed by atoms with E-state index >= 15 is 0 Å². The van der Waals surface area contributed by atoms with Gasteiger partial charge in [-0.25, -0.2) is 0 Å². The van der Waals surface area contributed by atoms with Crippen molar-refractivity contribution in [3.05, 3.63) is 12.2 Å². The van der Waals surface area contributed by atoms with Crippen molar-refractivity contribution in [2.24, 2.45) is 4.99 Å². The summed E-state index contributed by atoms with van der Waals surface area (Å²) >= 11 is 0. The molecule has 1 N–H and O–H groups in total. The third-order valence-corrected chi connectivity index (χ3v) is 0.947. The predicted octanol–water partition coefficient (Wildman–Crippen LogP) is 0.0908. The zero-order valence-electron chi connectivity index (χ0n) is 5.22. The van der Waals surface area contributed by atoms with Gasteiger partial charge in [0.25, 0.3) is 0 Å². The van der Waals surface area contributed by atoms with Crippen LogP contribution in [0.25, 0.3) is 0 Å². The second-order valence-corrected chi connectivity index (χ2v) is 1.81. The van der Waals surface area contributed by atoms with Gasteiger partial charge in [0.05, 0.1) is 6.54 Å². The largest absolute Gasteiger partial charge is 0.311 e. The highest BCUT2D eigenvalue weighted by molar-refractivity contribution is 6.04. The Morgan fingerprint density at radius 3 is 3.11 bits per heavy atom. The van der Waals surface area contributed by atoms with E-state index in [0.717, 1.165) is 0 Å². The van der Waals surface area contributed by atoms with Crippen LogP contribution in [0.4, 0.5) is 0 Å². The van der Waals surface area contributed by atoms with Gasteiger partial charge < -0.3 is 5.32 Å². The second-order valence-electron chi connectivity index (χ2n) is 1.81. The predicted molar refractivity (Wildman–Crippen MR) is 35.3 cm³/mol. The molecule has 0 aromatic carbocycles. The third-order valence-electron chi connectivity index (χ3n) is 0.947. The summed E-state index contributed by atoms with van der Waals surface area (Å²) in [5.41, 5.74) is 0. The normalized spacial score (nSPS) is 15.4. The van der Waals surface area contributed by atoms with Crippen LogP contribution in [0.5, 0.6) is 0 Å². The van der Waals surface area contributed by atoms with Gasteiger partial charge in [-0.1, -0.05) is 6.08 Å². The van der Waals surface area contributed by atoms with Crippen LogP contribution >= 0.6 is 0 Å². The summed E-state index contributed by atoms with van der Waals surface area (Å²) in [6.07, 6.45) is 3.69. The summed E-state index contributed by atoms with van der Waals surface area (Å²) in [7, 11) is 0. The van der Waals surface area contributed by atoms with E-state index in [9.17, 15) is 4.79 Å². The van der Waals surface area contributed by atoms with E-state index in [4.69, 9.17) is 0 Å². The van der Waals surface area contributed by atoms with Crippen molar-refractivity contribution < 1.29 is 4.79 Å². The Hall–Kier alpha value is -1.12. The highest BCUT2D eigenvalue weighted by Crippen LogP contribution is 1.88. The highest BCUT2D eigenvalue weighted by atomic mass is 16.1. The van der Waals surface area contributed by atoms with Gasteiger partial charge in [0, 0.05) is 6.92 Å². The lowest BCUT2D eigenvalue weighted by atomic mass is 10.5. The molecule has 48 valence electrons. The number of nitrogens with zero attached hydrogens (tertiary/aromatic N) is 1. The molecule has 1 rings (SSSR count). The van der Waals surface area contributed by atoms with Crippen LogP contribution in [0, 0.1) is 0 Å². The van der Waals surface area contributed by atoms with Gasteiger partial charge >= 0.3 is 0 Å². The minimum Gasteiger partial charge on any atom is -0.311 e. The third kappa shape index (κ3) is 1.68. The van der Waals surface area contributed by atoms with Crippen LogP contribution in [0.15, 0.2) is 17.1 Å². The van der Waals surface area contributed by atoms with E-state index in [1.165, 1.54) is 6.92 Å². The van der Waals surface area contributed by atoms with Crippen LogP contribution in [-0.4, -0.2) is 18.3 Å². The highest BCUT2D eigenvalue weighted by Gasteiger charge is 1.98. The topological polar surface area (TPSA) is 41.5 Å². The molecule has 0 atom stereocenters. The maximum atomic E-state index is 10.4. The first-order chi connectivity index (χ1) is 4.29. The number of carbonyl (C=O) groups is 1. The molecule has 0 aromatic heterocycles. The van der Waals surface area contributed by atoms with Gasteiger partial charge in [0.2, 0.25) is 5.91 Å². The fourth-order valence-electron chi connectivity index (χ4n) is 0.630. The molecule has 0 radical (unpaired) electrons. The lowest BCUT2D eigenvalue weighted by molar-refractivity contribution is -0.117. The molecule has 3 nitrogen and oxygen atoms in total. The number of nitrogens with one attached hydrogen (secondary N) is 1. The van der Waals surface area contributed by atoms with Crippen LogP contribution in [-0.2, 0) is 4.79 Å². The maximum absolute atomic E-state index is 10.4. The molecule has 0 aliphatic carbocycles. The number of hydrogen-bond donors (Lipinski definition) is 1. The molecule has 0 fully saturated rings. The van der Waals surface area contributed by atoms with Crippen molar-refractivity contribution in [2.75, 3.05) is 6.54 Å². The number of amidine groups is 1. The van der Waals surface area contributed by atoms with Crippen molar-refractivity contribution in [1.82, 2.24) is 5.32 Å². The maximum Gasteiger partial charge on any atom is 0.222 e. The van der Waals surface area contributed by atoms with E-state index in [0.29, 0.717) is 12.4 Å². The molecule has 9 heavy (non-hydrogen) atoms. The molecule has 3 heteroatoms. The van der Waals surface area contributed by atoms with E-state index in [2.05, 4.69) is 10.3 Å². The molecular formula is C6H8N2O. The summed E-state index contributed by atoms with van der Waals surface area (Å²) < 4.78 is 0. The second kappa shape index (κ2) is 2.44. The molecule has 0 spiro atoms.